The standard InChI is InChI=1S/C20H20N2O7/c1-4-28-17-10-12(5-7-15(17)26-2)9-14-18(23)22(20(25)21-14)11-13-6-8-16(29-13)19(24)27-3/h5-10H,4,11H2,1-3H3,(H,21,25)/b14-9-. The van der Waals surface area contributed by atoms with E-state index >= 15 is 0 Å². The molecular weight excluding hydrogens is 380 g/mol. The minimum Gasteiger partial charge on any atom is -0.493 e. The van der Waals surface area contributed by atoms with Gasteiger partial charge in [0.15, 0.2) is 11.5 Å². The van der Waals surface area contributed by atoms with Crippen molar-refractivity contribution in [2.45, 2.75) is 13.5 Å². The first-order chi connectivity index (χ1) is 14.0. The number of carbonyl (C=O) groups is 3. The fraction of sp³-hybridized carbons (Fsp3) is 0.250. The van der Waals surface area contributed by atoms with Crippen LogP contribution in [-0.4, -0.2) is 43.6 Å². The van der Waals surface area contributed by atoms with Gasteiger partial charge in [-0.1, -0.05) is 6.07 Å². The van der Waals surface area contributed by atoms with Crippen LogP contribution in [0.3, 0.4) is 0 Å². The van der Waals surface area contributed by atoms with Crippen LogP contribution in [0.2, 0.25) is 0 Å². The predicted octanol–water partition coefficient (Wildman–Crippen LogP) is 2.57. The van der Waals surface area contributed by atoms with Gasteiger partial charge in [0.25, 0.3) is 5.91 Å². The van der Waals surface area contributed by atoms with Crippen LogP contribution in [0.1, 0.15) is 28.8 Å². The Kier molecular flexibility index (Phi) is 5.87. The van der Waals surface area contributed by atoms with E-state index in [2.05, 4.69) is 10.1 Å². The van der Waals surface area contributed by atoms with Gasteiger partial charge in [0.1, 0.15) is 11.5 Å². The Morgan fingerprint density at radius 2 is 1.97 bits per heavy atom. The summed E-state index contributed by atoms with van der Waals surface area (Å²) < 4.78 is 20.6. The molecule has 0 radical (unpaired) electrons. The molecule has 0 atom stereocenters. The highest BCUT2D eigenvalue weighted by atomic mass is 16.5. The molecule has 1 N–H and O–H groups in total. The zero-order valence-electron chi connectivity index (χ0n) is 16.2. The van der Waals surface area contributed by atoms with Gasteiger partial charge < -0.3 is 23.9 Å². The third-order valence-corrected chi connectivity index (χ3v) is 4.12. The van der Waals surface area contributed by atoms with Crippen molar-refractivity contribution in [1.82, 2.24) is 10.2 Å². The summed E-state index contributed by atoms with van der Waals surface area (Å²) in [5, 5.41) is 2.54. The van der Waals surface area contributed by atoms with Crippen molar-refractivity contribution in [3.8, 4) is 11.5 Å². The minimum atomic E-state index is -0.640. The quantitative estimate of drug-likeness (QED) is 0.432. The van der Waals surface area contributed by atoms with Crippen molar-refractivity contribution < 1.29 is 33.0 Å². The van der Waals surface area contributed by atoms with E-state index in [-0.39, 0.29) is 23.8 Å². The van der Waals surface area contributed by atoms with Gasteiger partial charge >= 0.3 is 12.0 Å². The first-order valence-corrected chi connectivity index (χ1v) is 8.79. The maximum absolute atomic E-state index is 12.6. The van der Waals surface area contributed by atoms with Crippen LogP contribution in [0.15, 0.2) is 40.4 Å². The second-order valence-corrected chi connectivity index (χ2v) is 5.98. The minimum absolute atomic E-state index is 0.00740. The first kappa shape index (κ1) is 20.0. The number of amides is 3. The van der Waals surface area contributed by atoms with E-state index in [4.69, 9.17) is 13.9 Å². The molecule has 0 bridgehead atoms. The van der Waals surface area contributed by atoms with Gasteiger partial charge in [0, 0.05) is 0 Å². The number of urea groups is 1. The lowest BCUT2D eigenvalue weighted by Crippen LogP contribution is -2.30. The number of methoxy groups -OCH3 is 2. The maximum Gasteiger partial charge on any atom is 0.373 e. The number of hydrogen-bond donors (Lipinski definition) is 1. The van der Waals surface area contributed by atoms with Crippen molar-refractivity contribution in [3.63, 3.8) is 0 Å². The Bertz CT molecular complexity index is 977. The molecule has 3 amide bonds. The lowest BCUT2D eigenvalue weighted by Gasteiger charge is -2.10. The van der Waals surface area contributed by atoms with Crippen molar-refractivity contribution in [1.29, 1.82) is 0 Å². The molecule has 1 aromatic carbocycles. The number of nitrogens with zero attached hydrogens (tertiary/aromatic N) is 1. The third kappa shape index (κ3) is 4.23. The summed E-state index contributed by atoms with van der Waals surface area (Å²) in [5.74, 6) is 0.212. The highest BCUT2D eigenvalue weighted by Gasteiger charge is 2.34. The fourth-order valence-electron chi connectivity index (χ4n) is 2.76. The number of hydrogen-bond acceptors (Lipinski definition) is 7. The Labute approximate surface area is 166 Å². The lowest BCUT2D eigenvalue weighted by atomic mass is 10.1. The third-order valence-electron chi connectivity index (χ3n) is 4.12. The molecule has 1 aliphatic heterocycles. The Morgan fingerprint density at radius 3 is 2.66 bits per heavy atom. The van der Waals surface area contributed by atoms with Gasteiger partial charge in [-0.05, 0) is 42.8 Å². The molecule has 0 unspecified atom stereocenters. The summed E-state index contributed by atoms with van der Waals surface area (Å²) in [6.07, 6.45) is 1.55. The molecule has 1 aliphatic rings. The molecule has 0 saturated carbocycles. The zero-order valence-corrected chi connectivity index (χ0v) is 16.2. The van der Waals surface area contributed by atoms with Crippen LogP contribution >= 0.6 is 0 Å². The molecular formula is C20H20N2O7. The summed E-state index contributed by atoms with van der Waals surface area (Å²) in [6, 6.07) is 7.51. The number of imide groups is 1. The predicted molar refractivity (Wildman–Crippen MR) is 101 cm³/mol. The summed E-state index contributed by atoms with van der Waals surface area (Å²) in [4.78, 5) is 37.3. The van der Waals surface area contributed by atoms with E-state index in [1.54, 1.807) is 24.3 Å². The second-order valence-electron chi connectivity index (χ2n) is 5.98. The van der Waals surface area contributed by atoms with E-state index in [1.807, 2.05) is 6.92 Å². The van der Waals surface area contributed by atoms with Crippen molar-refractivity contribution in [2.24, 2.45) is 0 Å². The van der Waals surface area contributed by atoms with E-state index in [1.165, 1.54) is 26.4 Å². The van der Waals surface area contributed by atoms with Crippen LogP contribution < -0.4 is 14.8 Å². The largest absolute Gasteiger partial charge is 0.493 e. The fourth-order valence-corrected chi connectivity index (χ4v) is 2.76. The average molecular weight is 400 g/mol. The van der Waals surface area contributed by atoms with Gasteiger partial charge in [-0.25, -0.2) is 9.59 Å². The van der Waals surface area contributed by atoms with Crippen LogP contribution in [-0.2, 0) is 16.1 Å². The number of furan rings is 1. The number of carbonyl (C=O) groups excluding carboxylic acids is 3. The number of esters is 1. The highest BCUT2D eigenvalue weighted by molar-refractivity contribution is 6.13. The molecule has 2 aromatic rings. The molecule has 1 saturated heterocycles. The summed E-state index contributed by atoms with van der Waals surface area (Å²) >= 11 is 0. The van der Waals surface area contributed by atoms with Crippen molar-refractivity contribution in [3.05, 3.63) is 53.1 Å². The van der Waals surface area contributed by atoms with Crippen molar-refractivity contribution in [2.75, 3.05) is 20.8 Å². The molecule has 9 heteroatoms. The topological polar surface area (TPSA) is 107 Å². The second kappa shape index (κ2) is 8.51. The van der Waals surface area contributed by atoms with Crippen molar-refractivity contribution >= 4 is 24.0 Å². The van der Waals surface area contributed by atoms with Crippen LogP contribution in [0.5, 0.6) is 11.5 Å². The summed E-state index contributed by atoms with van der Waals surface area (Å²) in [5.41, 5.74) is 0.771. The molecule has 3 rings (SSSR count). The first-order valence-electron chi connectivity index (χ1n) is 8.79. The Hall–Kier alpha value is -3.75. The monoisotopic (exact) mass is 400 g/mol. The number of rotatable bonds is 7. The lowest BCUT2D eigenvalue weighted by molar-refractivity contribution is -0.123. The molecule has 1 aromatic heterocycles. The normalized spacial score (nSPS) is 14.9. The van der Waals surface area contributed by atoms with E-state index in [9.17, 15) is 14.4 Å². The molecule has 0 spiro atoms. The van der Waals surface area contributed by atoms with Gasteiger partial charge in [0.2, 0.25) is 5.76 Å². The molecule has 0 aliphatic carbocycles. The number of benzene rings is 1. The van der Waals surface area contributed by atoms with E-state index < -0.39 is 17.9 Å². The maximum atomic E-state index is 12.6. The van der Waals surface area contributed by atoms with Gasteiger partial charge in [-0.3, -0.25) is 9.69 Å². The van der Waals surface area contributed by atoms with Gasteiger partial charge in [-0.15, -0.1) is 0 Å². The number of ether oxygens (including phenoxy) is 3. The van der Waals surface area contributed by atoms with Crippen LogP contribution in [0.25, 0.3) is 6.08 Å². The average Bonchev–Trinajstić information content (AvgIpc) is 3.28. The Balaban J connectivity index is 1.78. The molecule has 152 valence electrons. The molecule has 1 fully saturated rings. The summed E-state index contributed by atoms with van der Waals surface area (Å²) in [7, 11) is 2.77. The molecule has 2 heterocycles. The van der Waals surface area contributed by atoms with E-state index in [0.29, 0.717) is 23.7 Å². The van der Waals surface area contributed by atoms with Gasteiger partial charge in [0.05, 0.1) is 27.4 Å². The summed E-state index contributed by atoms with van der Waals surface area (Å²) in [6.45, 7) is 2.19. The zero-order chi connectivity index (χ0) is 21.0. The molecule has 29 heavy (non-hydrogen) atoms. The van der Waals surface area contributed by atoms with Gasteiger partial charge in [-0.2, -0.15) is 0 Å². The van der Waals surface area contributed by atoms with Crippen LogP contribution in [0, 0.1) is 0 Å². The van der Waals surface area contributed by atoms with Crippen LogP contribution in [0.4, 0.5) is 4.79 Å². The van der Waals surface area contributed by atoms with E-state index in [0.717, 1.165) is 4.90 Å². The molecule has 9 nitrogen and oxygen atoms in total. The highest BCUT2D eigenvalue weighted by Crippen LogP contribution is 2.29. The Morgan fingerprint density at radius 1 is 1.17 bits per heavy atom. The SMILES string of the molecule is CCOc1cc(/C=C2\NC(=O)N(Cc3ccc(C(=O)OC)o3)C2=O)ccc1OC. The smallest absolute Gasteiger partial charge is 0.373 e. The number of nitrogens with one attached hydrogen (secondary N) is 1.